The van der Waals surface area contributed by atoms with E-state index in [4.69, 9.17) is 0 Å². The van der Waals surface area contributed by atoms with E-state index in [1.54, 1.807) is 7.05 Å². The van der Waals surface area contributed by atoms with Gasteiger partial charge in [-0.15, -0.1) is 0 Å². The highest BCUT2D eigenvalue weighted by molar-refractivity contribution is 5.77. The second-order valence-electron chi connectivity index (χ2n) is 3.36. The first kappa shape index (κ1) is 12.4. The van der Waals surface area contributed by atoms with Crippen molar-refractivity contribution in [1.29, 1.82) is 0 Å². The van der Waals surface area contributed by atoms with Crippen molar-refractivity contribution in [2.75, 3.05) is 40.8 Å². The molecule has 0 aromatic rings. The number of carbonyl (C=O) groups excluding carboxylic acids is 1. The minimum atomic E-state index is 0.0487. The van der Waals surface area contributed by atoms with Crippen molar-refractivity contribution >= 4 is 5.91 Å². The second kappa shape index (κ2) is 8.01. The van der Waals surface area contributed by atoms with Gasteiger partial charge >= 0.3 is 0 Å². The van der Waals surface area contributed by atoms with Crippen LogP contribution >= 0.6 is 0 Å². The summed E-state index contributed by atoms with van der Waals surface area (Å²) >= 11 is 0. The van der Waals surface area contributed by atoms with Crippen molar-refractivity contribution in [2.45, 2.75) is 12.8 Å². The van der Waals surface area contributed by atoms with E-state index in [1.165, 1.54) is 6.42 Å². The molecule has 0 rings (SSSR count). The van der Waals surface area contributed by atoms with Crippen molar-refractivity contribution in [2.24, 2.45) is 0 Å². The zero-order chi connectivity index (χ0) is 10.1. The summed E-state index contributed by atoms with van der Waals surface area (Å²) in [6.07, 6.45) is 2.29. The van der Waals surface area contributed by atoms with Crippen LogP contribution in [0.15, 0.2) is 0 Å². The zero-order valence-corrected chi connectivity index (χ0v) is 8.89. The Morgan fingerprint density at radius 1 is 1.31 bits per heavy atom. The van der Waals surface area contributed by atoms with Crippen molar-refractivity contribution < 1.29 is 4.79 Å². The van der Waals surface area contributed by atoms with E-state index >= 15 is 0 Å². The van der Waals surface area contributed by atoms with Gasteiger partial charge in [0.25, 0.3) is 0 Å². The van der Waals surface area contributed by atoms with Crippen LogP contribution in [0.4, 0.5) is 0 Å². The summed E-state index contributed by atoms with van der Waals surface area (Å²) < 4.78 is 0. The predicted molar refractivity (Wildman–Crippen MR) is 54.7 cm³/mol. The Labute approximate surface area is 80.7 Å². The molecular formula is C9H21N3O. The molecule has 78 valence electrons. The molecule has 4 nitrogen and oxygen atoms in total. The lowest BCUT2D eigenvalue weighted by Gasteiger charge is -2.08. The maximum atomic E-state index is 10.8. The molecule has 0 atom stereocenters. The van der Waals surface area contributed by atoms with Crippen LogP contribution in [-0.2, 0) is 4.79 Å². The topological polar surface area (TPSA) is 44.4 Å². The van der Waals surface area contributed by atoms with Gasteiger partial charge in [-0.2, -0.15) is 0 Å². The molecule has 0 saturated carbocycles. The zero-order valence-electron chi connectivity index (χ0n) is 8.89. The minimum absolute atomic E-state index is 0.0487. The van der Waals surface area contributed by atoms with Crippen molar-refractivity contribution in [1.82, 2.24) is 15.5 Å². The van der Waals surface area contributed by atoms with Crippen LogP contribution in [0.25, 0.3) is 0 Å². The highest BCUT2D eigenvalue weighted by atomic mass is 16.1. The average Bonchev–Trinajstić information content (AvgIpc) is 2.10. The molecule has 0 aliphatic heterocycles. The Morgan fingerprint density at radius 2 is 2.00 bits per heavy atom. The van der Waals surface area contributed by atoms with E-state index in [0.717, 1.165) is 19.5 Å². The van der Waals surface area contributed by atoms with Crippen molar-refractivity contribution in [3.05, 3.63) is 0 Å². The Morgan fingerprint density at radius 3 is 2.54 bits per heavy atom. The molecule has 0 spiro atoms. The van der Waals surface area contributed by atoms with Gasteiger partial charge in [0, 0.05) is 7.05 Å². The number of hydrogen-bond donors (Lipinski definition) is 2. The highest BCUT2D eigenvalue weighted by Gasteiger charge is 1.95. The van der Waals surface area contributed by atoms with E-state index in [2.05, 4.69) is 29.6 Å². The van der Waals surface area contributed by atoms with Gasteiger partial charge in [-0.25, -0.2) is 0 Å². The van der Waals surface area contributed by atoms with Crippen LogP contribution in [0, 0.1) is 0 Å². The summed E-state index contributed by atoms with van der Waals surface area (Å²) in [4.78, 5) is 12.9. The van der Waals surface area contributed by atoms with Gasteiger partial charge in [-0.1, -0.05) is 0 Å². The molecule has 13 heavy (non-hydrogen) atoms. The molecular weight excluding hydrogens is 166 g/mol. The van der Waals surface area contributed by atoms with Gasteiger partial charge in [0.05, 0.1) is 6.54 Å². The monoisotopic (exact) mass is 187 g/mol. The predicted octanol–water partition coefficient (Wildman–Crippen LogP) is -0.336. The first-order chi connectivity index (χ1) is 6.16. The van der Waals surface area contributed by atoms with Crippen LogP contribution in [0.3, 0.4) is 0 Å². The maximum absolute atomic E-state index is 10.8. The molecule has 2 N–H and O–H groups in total. The number of amides is 1. The number of likely N-dealkylation sites (N-methyl/N-ethyl adjacent to an activating group) is 1. The van der Waals surface area contributed by atoms with E-state index < -0.39 is 0 Å². The fraction of sp³-hybridized carbons (Fsp3) is 0.889. The SMILES string of the molecule is CNC(=O)CNCCCCN(C)C. The van der Waals surface area contributed by atoms with Gasteiger partial charge in [-0.05, 0) is 40.0 Å². The third-order valence-corrected chi connectivity index (χ3v) is 1.77. The van der Waals surface area contributed by atoms with Crippen LogP contribution < -0.4 is 10.6 Å². The number of carbonyl (C=O) groups is 1. The van der Waals surface area contributed by atoms with Crippen molar-refractivity contribution in [3.63, 3.8) is 0 Å². The maximum Gasteiger partial charge on any atom is 0.233 e. The van der Waals surface area contributed by atoms with Crippen LogP contribution in [0.1, 0.15) is 12.8 Å². The van der Waals surface area contributed by atoms with E-state index in [1.807, 2.05) is 0 Å². The number of rotatable bonds is 7. The molecule has 0 unspecified atom stereocenters. The highest BCUT2D eigenvalue weighted by Crippen LogP contribution is 1.88. The van der Waals surface area contributed by atoms with E-state index in [-0.39, 0.29) is 5.91 Å². The molecule has 1 amide bonds. The minimum Gasteiger partial charge on any atom is -0.358 e. The van der Waals surface area contributed by atoms with Crippen LogP contribution in [0.2, 0.25) is 0 Å². The number of hydrogen-bond acceptors (Lipinski definition) is 3. The van der Waals surface area contributed by atoms with Gasteiger partial charge in [0.1, 0.15) is 0 Å². The summed E-state index contributed by atoms with van der Waals surface area (Å²) in [6.45, 7) is 2.46. The number of nitrogens with zero attached hydrogens (tertiary/aromatic N) is 1. The lowest BCUT2D eigenvalue weighted by atomic mass is 10.3. The fourth-order valence-electron chi connectivity index (χ4n) is 0.968. The van der Waals surface area contributed by atoms with Gasteiger partial charge in [0.2, 0.25) is 5.91 Å². The molecule has 0 aliphatic rings. The quantitative estimate of drug-likeness (QED) is 0.536. The van der Waals surface area contributed by atoms with E-state index in [9.17, 15) is 4.79 Å². The first-order valence-corrected chi connectivity index (χ1v) is 4.73. The molecule has 4 heteroatoms. The summed E-state index contributed by atoms with van der Waals surface area (Å²) in [5.41, 5.74) is 0. The largest absolute Gasteiger partial charge is 0.358 e. The third kappa shape index (κ3) is 9.30. The molecule has 0 radical (unpaired) electrons. The van der Waals surface area contributed by atoms with E-state index in [0.29, 0.717) is 6.54 Å². The van der Waals surface area contributed by atoms with Crippen LogP contribution in [-0.4, -0.2) is 51.6 Å². The molecule has 0 aromatic heterocycles. The number of unbranched alkanes of at least 4 members (excludes halogenated alkanes) is 1. The lowest BCUT2D eigenvalue weighted by Crippen LogP contribution is -2.32. The molecule has 0 aliphatic carbocycles. The fourth-order valence-corrected chi connectivity index (χ4v) is 0.968. The Kier molecular flexibility index (Phi) is 7.63. The third-order valence-electron chi connectivity index (χ3n) is 1.77. The van der Waals surface area contributed by atoms with Crippen LogP contribution in [0.5, 0.6) is 0 Å². The number of nitrogens with one attached hydrogen (secondary N) is 2. The Hall–Kier alpha value is -0.610. The molecule has 0 aromatic carbocycles. The normalized spacial score (nSPS) is 10.5. The van der Waals surface area contributed by atoms with Crippen molar-refractivity contribution in [3.8, 4) is 0 Å². The molecule has 0 heterocycles. The Bertz CT molecular complexity index is 137. The summed E-state index contributed by atoms with van der Waals surface area (Å²) in [5.74, 6) is 0.0487. The lowest BCUT2D eigenvalue weighted by molar-refractivity contribution is -0.119. The average molecular weight is 187 g/mol. The summed E-state index contributed by atoms with van der Waals surface area (Å²) in [6, 6.07) is 0. The summed E-state index contributed by atoms with van der Waals surface area (Å²) in [7, 11) is 5.78. The first-order valence-electron chi connectivity index (χ1n) is 4.73. The van der Waals surface area contributed by atoms with Gasteiger partial charge in [-0.3, -0.25) is 4.79 Å². The van der Waals surface area contributed by atoms with Gasteiger partial charge < -0.3 is 15.5 Å². The molecule has 0 saturated heterocycles. The second-order valence-corrected chi connectivity index (χ2v) is 3.36. The smallest absolute Gasteiger partial charge is 0.233 e. The molecule has 0 bridgehead atoms. The Balaban J connectivity index is 3.04. The van der Waals surface area contributed by atoms with Gasteiger partial charge in [0.15, 0.2) is 0 Å². The summed E-state index contributed by atoms with van der Waals surface area (Å²) in [5, 5.41) is 5.64. The standard InChI is InChI=1S/C9H21N3O/c1-10-9(13)8-11-6-4-5-7-12(2)3/h11H,4-8H2,1-3H3,(H,10,13). The molecule has 0 fully saturated rings.